The number of fused-ring (bicyclic) bond motifs is 1. The van der Waals surface area contributed by atoms with Crippen molar-refractivity contribution < 1.29 is 4.74 Å². The molecule has 0 aliphatic heterocycles. The standard InChI is InChI=1S/C19H17ClN4OS/c1-11-6-15(20)19-23-12(2)18(24(19)10-11)13-7-17(22-8-13)26-14-4-5-16(25-3)21-9-14/h4-10,22H,1-3H3. The van der Waals surface area contributed by atoms with Gasteiger partial charge in [0.25, 0.3) is 0 Å². The Morgan fingerprint density at radius 1 is 1.23 bits per heavy atom. The number of nitrogens with zero attached hydrogens (tertiary/aromatic N) is 3. The number of pyridine rings is 2. The van der Waals surface area contributed by atoms with Crippen molar-refractivity contribution in [3.05, 3.63) is 59.1 Å². The summed E-state index contributed by atoms with van der Waals surface area (Å²) in [7, 11) is 1.61. The van der Waals surface area contributed by atoms with E-state index in [9.17, 15) is 0 Å². The van der Waals surface area contributed by atoms with E-state index < -0.39 is 0 Å². The summed E-state index contributed by atoms with van der Waals surface area (Å²) < 4.78 is 7.15. The van der Waals surface area contributed by atoms with Crippen LogP contribution in [-0.4, -0.2) is 26.5 Å². The number of aromatic nitrogens is 4. The average Bonchev–Trinajstić information content (AvgIpc) is 3.19. The largest absolute Gasteiger partial charge is 0.481 e. The first-order valence-corrected chi connectivity index (χ1v) is 9.26. The Labute approximate surface area is 160 Å². The maximum Gasteiger partial charge on any atom is 0.212 e. The number of hydrogen-bond donors (Lipinski definition) is 1. The molecule has 0 saturated carbocycles. The van der Waals surface area contributed by atoms with Gasteiger partial charge in [0.15, 0.2) is 5.65 Å². The van der Waals surface area contributed by atoms with Gasteiger partial charge in [0.2, 0.25) is 5.88 Å². The third-order valence-electron chi connectivity index (χ3n) is 4.06. The second-order valence-corrected chi connectivity index (χ2v) is 7.52. The second kappa shape index (κ2) is 6.70. The topological polar surface area (TPSA) is 55.2 Å². The summed E-state index contributed by atoms with van der Waals surface area (Å²) in [5.41, 5.74) is 4.93. The van der Waals surface area contributed by atoms with E-state index in [1.165, 1.54) is 0 Å². The lowest BCUT2D eigenvalue weighted by molar-refractivity contribution is 0.397. The lowest BCUT2D eigenvalue weighted by Crippen LogP contribution is -1.90. The summed E-state index contributed by atoms with van der Waals surface area (Å²) in [6.45, 7) is 4.03. The number of H-pyrrole nitrogens is 1. The number of methoxy groups -OCH3 is 1. The van der Waals surface area contributed by atoms with Crippen LogP contribution in [0.3, 0.4) is 0 Å². The molecule has 0 atom stereocenters. The Kier molecular flexibility index (Phi) is 4.38. The van der Waals surface area contributed by atoms with Gasteiger partial charge in [-0.1, -0.05) is 23.4 Å². The fraction of sp³-hybridized carbons (Fsp3) is 0.158. The molecule has 4 rings (SSSR count). The number of ether oxygens (including phenoxy) is 1. The van der Waals surface area contributed by atoms with Crippen molar-refractivity contribution in [2.75, 3.05) is 7.11 Å². The van der Waals surface area contributed by atoms with Gasteiger partial charge in [0, 0.05) is 35.1 Å². The first kappa shape index (κ1) is 17.0. The molecule has 132 valence electrons. The number of imidazole rings is 1. The Morgan fingerprint density at radius 3 is 2.81 bits per heavy atom. The monoisotopic (exact) mass is 384 g/mol. The van der Waals surface area contributed by atoms with Crippen molar-refractivity contribution in [2.24, 2.45) is 0 Å². The molecule has 26 heavy (non-hydrogen) atoms. The molecule has 0 unspecified atom stereocenters. The summed E-state index contributed by atoms with van der Waals surface area (Å²) in [6, 6.07) is 7.88. The molecular formula is C19H17ClN4OS. The molecular weight excluding hydrogens is 368 g/mol. The van der Waals surface area contributed by atoms with E-state index >= 15 is 0 Å². The van der Waals surface area contributed by atoms with Gasteiger partial charge >= 0.3 is 0 Å². The van der Waals surface area contributed by atoms with Crippen molar-refractivity contribution in [1.29, 1.82) is 0 Å². The lowest BCUT2D eigenvalue weighted by atomic mass is 10.2. The zero-order chi connectivity index (χ0) is 18.3. The molecule has 0 saturated heterocycles. The van der Waals surface area contributed by atoms with Crippen molar-refractivity contribution in [3.8, 4) is 17.1 Å². The highest BCUT2D eigenvalue weighted by Gasteiger charge is 2.15. The van der Waals surface area contributed by atoms with Crippen LogP contribution in [0, 0.1) is 13.8 Å². The summed E-state index contributed by atoms with van der Waals surface area (Å²) in [4.78, 5) is 13.2. The zero-order valence-corrected chi connectivity index (χ0v) is 16.1. The van der Waals surface area contributed by atoms with Gasteiger partial charge < -0.3 is 9.72 Å². The van der Waals surface area contributed by atoms with E-state index in [2.05, 4.69) is 31.6 Å². The van der Waals surface area contributed by atoms with Crippen LogP contribution in [0.15, 0.2) is 52.8 Å². The summed E-state index contributed by atoms with van der Waals surface area (Å²) in [5.74, 6) is 0.607. The van der Waals surface area contributed by atoms with Crippen LogP contribution >= 0.6 is 23.4 Å². The van der Waals surface area contributed by atoms with Gasteiger partial charge in [0.1, 0.15) is 0 Å². The number of hydrogen-bond acceptors (Lipinski definition) is 4. The second-order valence-electron chi connectivity index (χ2n) is 6.00. The van der Waals surface area contributed by atoms with E-state index in [1.807, 2.05) is 38.2 Å². The highest BCUT2D eigenvalue weighted by Crippen LogP contribution is 2.33. The molecule has 5 nitrogen and oxygen atoms in total. The van der Waals surface area contributed by atoms with Crippen molar-refractivity contribution in [3.63, 3.8) is 0 Å². The maximum absolute atomic E-state index is 6.36. The van der Waals surface area contributed by atoms with Gasteiger partial charge in [-0.05, 0) is 37.6 Å². The van der Waals surface area contributed by atoms with E-state index in [-0.39, 0.29) is 0 Å². The van der Waals surface area contributed by atoms with Crippen LogP contribution in [0.25, 0.3) is 16.9 Å². The maximum atomic E-state index is 6.36. The van der Waals surface area contributed by atoms with Crippen LogP contribution < -0.4 is 4.74 Å². The number of nitrogens with one attached hydrogen (secondary N) is 1. The SMILES string of the molecule is COc1ccc(Sc2cc(-c3c(C)nc4c(Cl)cc(C)cn34)c[nH]2)cn1. The van der Waals surface area contributed by atoms with Gasteiger partial charge in [-0.25, -0.2) is 9.97 Å². The highest BCUT2D eigenvalue weighted by atomic mass is 35.5. The van der Waals surface area contributed by atoms with E-state index in [4.69, 9.17) is 16.3 Å². The van der Waals surface area contributed by atoms with Crippen LogP contribution in [0.1, 0.15) is 11.3 Å². The molecule has 0 bridgehead atoms. The summed E-state index contributed by atoms with van der Waals surface area (Å²) >= 11 is 7.97. The predicted molar refractivity (Wildman–Crippen MR) is 104 cm³/mol. The first-order chi connectivity index (χ1) is 12.5. The number of aromatic amines is 1. The normalized spacial score (nSPS) is 11.2. The molecule has 0 aliphatic carbocycles. The minimum atomic E-state index is 0.607. The minimum Gasteiger partial charge on any atom is -0.481 e. The van der Waals surface area contributed by atoms with Crippen LogP contribution in [0.5, 0.6) is 5.88 Å². The van der Waals surface area contributed by atoms with Crippen molar-refractivity contribution in [2.45, 2.75) is 23.8 Å². The van der Waals surface area contributed by atoms with Crippen LogP contribution in [0.4, 0.5) is 0 Å². The smallest absolute Gasteiger partial charge is 0.212 e. The Morgan fingerprint density at radius 2 is 2.08 bits per heavy atom. The zero-order valence-electron chi connectivity index (χ0n) is 14.6. The molecule has 0 aromatic carbocycles. The Bertz CT molecular complexity index is 1090. The first-order valence-electron chi connectivity index (χ1n) is 8.06. The molecule has 7 heteroatoms. The van der Waals surface area contributed by atoms with E-state index in [0.29, 0.717) is 10.9 Å². The summed E-state index contributed by atoms with van der Waals surface area (Å²) in [6.07, 6.45) is 5.85. The molecule has 0 aliphatic rings. The number of rotatable bonds is 4. The summed E-state index contributed by atoms with van der Waals surface area (Å²) in [5, 5.41) is 1.69. The Hall–Kier alpha value is -2.44. The average molecular weight is 385 g/mol. The number of halogens is 1. The molecule has 0 radical (unpaired) electrons. The molecule has 0 amide bonds. The number of aryl methyl sites for hydroxylation is 2. The fourth-order valence-electron chi connectivity index (χ4n) is 2.94. The molecule has 0 fully saturated rings. The third-order valence-corrected chi connectivity index (χ3v) is 5.27. The van der Waals surface area contributed by atoms with Crippen LogP contribution in [-0.2, 0) is 0 Å². The molecule has 4 heterocycles. The molecule has 0 spiro atoms. The molecule has 1 N–H and O–H groups in total. The van der Waals surface area contributed by atoms with Gasteiger partial charge in [-0.2, -0.15) is 0 Å². The predicted octanol–water partition coefficient (Wildman–Crippen LogP) is 5.15. The van der Waals surface area contributed by atoms with Gasteiger partial charge in [-0.15, -0.1) is 0 Å². The quantitative estimate of drug-likeness (QED) is 0.528. The van der Waals surface area contributed by atoms with Gasteiger partial charge in [0.05, 0.1) is 28.5 Å². The third kappa shape index (κ3) is 3.06. The molecule has 4 aromatic heterocycles. The van der Waals surface area contributed by atoms with Crippen molar-refractivity contribution in [1.82, 2.24) is 19.4 Å². The van der Waals surface area contributed by atoms with Crippen LogP contribution in [0.2, 0.25) is 5.02 Å². The fourth-order valence-corrected chi connectivity index (χ4v) is 4.04. The molecule has 4 aromatic rings. The van der Waals surface area contributed by atoms with Crippen molar-refractivity contribution >= 4 is 29.0 Å². The van der Waals surface area contributed by atoms with E-state index in [1.54, 1.807) is 25.1 Å². The minimum absolute atomic E-state index is 0.607. The van der Waals surface area contributed by atoms with E-state index in [0.717, 1.165) is 38.1 Å². The highest BCUT2D eigenvalue weighted by molar-refractivity contribution is 7.99. The Balaban J connectivity index is 1.69. The lowest BCUT2D eigenvalue weighted by Gasteiger charge is -2.03. The van der Waals surface area contributed by atoms with Gasteiger partial charge in [-0.3, -0.25) is 4.40 Å².